The summed E-state index contributed by atoms with van der Waals surface area (Å²) in [5.74, 6) is 0. The Bertz CT molecular complexity index is 524. The number of rotatable bonds is 8. The Kier molecular flexibility index (Phi) is 9.29. The van der Waals surface area contributed by atoms with Crippen molar-refractivity contribution in [1.29, 1.82) is 0 Å². The fourth-order valence-electron chi connectivity index (χ4n) is 1.81. The third-order valence-electron chi connectivity index (χ3n) is 2.73. The van der Waals surface area contributed by atoms with Crippen LogP contribution in [0.5, 0.6) is 0 Å². The van der Waals surface area contributed by atoms with Crippen LogP contribution < -0.4 is 5.73 Å². The largest absolute Gasteiger partial charge is 0.404 e. The van der Waals surface area contributed by atoms with E-state index < -0.39 is 18.8 Å². The quantitative estimate of drug-likeness (QED) is 0.618. The second-order valence-electron chi connectivity index (χ2n) is 4.23. The highest BCUT2D eigenvalue weighted by Gasteiger charge is 2.55. The van der Waals surface area contributed by atoms with Crippen LogP contribution >= 0.6 is 35.9 Å². The van der Waals surface area contributed by atoms with Crippen molar-refractivity contribution < 1.29 is 22.4 Å². The van der Waals surface area contributed by atoms with Gasteiger partial charge in [0.1, 0.15) is 0 Å². The molecule has 1 aromatic rings. The van der Waals surface area contributed by atoms with Gasteiger partial charge in [-0.1, -0.05) is 28.1 Å². The second kappa shape index (κ2) is 9.30. The average Bonchev–Trinajstić information content (AvgIpc) is 2.39. The average molecular weight is 423 g/mol. The molecular formula is C13H20BrClF2NO3P. The summed E-state index contributed by atoms with van der Waals surface area (Å²) in [6.07, 6.45) is 0.568. The monoisotopic (exact) mass is 421 g/mol. The van der Waals surface area contributed by atoms with Gasteiger partial charge in [-0.3, -0.25) is 4.57 Å². The van der Waals surface area contributed by atoms with Gasteiger partial charge in [0, 0.05) is 10.0 Å². The van der Waals surface area contributed by atoms with Crippen molar-refractivity contribution in [2.45, 2.75) is 25.9 Å². The molecule has 0 spiro atoms. The zero-order valence-corrected chi connectivity index (χ0v) is 15.6. The van der Waals surface area contributed by atoms with Gasteiger partial charge >= 0.3 is 13.3 Å². The smallest absolute Gasteiger partial charge is 0.330 e. The van der Waals surface area contributed by atoms with E-state index in [1.807, 2.05) is 0 Å². The number of halogens is 4. The van der Waals surface area contributed by atoms with Crippen LogP contribution in [0.15, 0.2) is 22.7 Å². The minimum Gasteiger partial charge on any atom is -0.330 e. The van der Waals surface area contributed by atoms with Crippen LogP contribution in [-0.2, 0) is 25.7 Å². The Morgan fingerprint density at radius 3 is 2.23 bits per heavy atom. The van der Waals surface area contributed by atoms with Gasteiger partial charge in [-0.25, -0.2) is 0 Å². The first-order chi connectivity index (χ1) is 9.82. The predicted octanol–water partition coefficient (Wildman–Crippen LogP) is 4.69. The zero-order chi connectivity index (χ0) is 16.1. The van der Waals surface area contributed by atoms with Crippen LogP contribution in [0.25, 0.3) is 0 Å². The van der Waals surface area contributed by atoms with Crippen LogP contribution in [0.3, 0.4) is 0 Å². The molecule has 0 atom stereocenters. The Labute approximate surface area is 143 Å². The van der Waals surface area contributed by atoms with E-state index in [0.29, 0.717) is 13.0 Å². The molecule has 0 bridgehead atoms. The van der Waals surface area contributed by atoms with Gasteiger partial charge in [0.05, 0.1) is 13.2 Å². The third-order valence-corrected chi connectivity index (χ3v) is 5.51. The summed E-state index contributed by atoms with van der Waals surface area (Å²) in [7, 11) is -4.59. The van der Waals surface area contributed by atoms with Crippen LogP contribution in [-0.4, -0.2) is 19.8 Å². The molecule has 128 valence electrons. The summed E-state index contributed by atoms with van der Waals surface area (Å²) in [6, 6.07) is 4.29. The molecule has 4 nitrogen and oxygen atoms in total. The van der Waals surface area contributed by atoms with Crippen molar-refractivity contribution in [2.24, 2.45) is 5.73 Å². The number of hydrogen-bond donors (Lipinski definition) is 1. The maximum Gasteiger partial charge on any atom is 0.404 e. The molecule has 0 aliphatic heterocycles. The van der Waals surface area contributed by atoms with E-state index in [4.69, 9.17) is 14.8 Å². The van der Waals surface area contributed by atoms with E-state index in [9.17, 15) is 13.3 Å². The number of alkyl halides is 2. The Morgan fingerprint density at radius 2 is 1.82 bits per heavy atom. The van der Waals surface area contributed by atoms with Crippen LogP contribution in [0.2, 0.25) is 0 Å². The van der Waals surface area contributed by atoms with Gasteiger partial charge in [0.2, 0.25) is 0 Å². The third kappa shape index (κ3) is 4.73. The molecular weight excluding hydrogens is 402 g/mol. The van der Waals surface area contributed by atoms with Crippen molar-refractivity contribution in [2.75, 3.05) is 19.8 Å². The molecule has 0 radical (unpaired) electrons. The molecule has 0 aromatic heterocycles. The van der Waals surface area contributed by atoms with Crippen molar-refractivity contribution in [3.8, 4) is 0 Å². The fraction of sp³-hybridized carbons (Fsp3) is 0.538. The lowest BCUT2D eigenvalue weighted by Crippen LogP contribution is -2.19. The lowest BCUT2D eigenvalue weighted by Gasteiger charge is -2.26. The molecule has 0 amide bonds. The maximum atomic E-state index is 14.6. The summed E-state index contributed by atoms with van der Waals surface area (Å²) in [4.78, 5) is 0. The van der Waals surface area contributed by atoms with E-state index in [1.165, 1.54) is 26.0 Å². The van der Waals surface area contributed by atoms with Crippen LogP contribution in [0.4, 0.5) is 8.78 Å². The molecule has 0 saturated carbocycles. The van der Waals surface area contributed by atoms with E-state index in [0.717, 1.165) is 5.56 Å². The first-order valence-electron chi connectivity index (χ1n) is 6.58. The van der Waals surface area contributed by atoms with Gasteiger partial charge in [-0.15, -0.1) is 12.4 Å². The zero-order valence-electron chi connectivity index (χ0n) is 12.4. The fourth-order valence-corrected chi connectivity index (χ4v) is 4.21. The summed E-state index contributed by atoms with van der Waals surface area (Å²) < 4.78 is 51.2. The van der Waals surface area contributed by atoms with E-state index in [1.54, 1.807) is 6.07 Å². The van der Waals surface area contributed by atoms with Crippen LogP contribution in [0.1, 0.15) is 25.0 Å². The van der Waals surface area contributed by atoms with Gasteiger partial charge in [-0.2, -0.15) is 8.78 Å². The second-order valence-corrected chi connectivity index (χ2v) is 7.15. The molecule has 0 aliphatic rings. The first kappa shape index (κ1) is 22.0. The Morgan fingerprint density at radius 1 is 1.27 bits per heavy atom. The number of benzene rings is 1. The molecule has 0 aliphatic carbocycles. The maximum absolute atomic E-state index is 14.6. The Balaban J connectivity index is 0.00000441. The molecule has 0 heterocycles. The highest BCUT2D eigenvalue weighted by Crippen LogP contribution is 2.67. The molecule has 9 heteroatoms. The van der Waals surface area contributed by atoms with Gasteiger partial charge < -0.3 is 14.8 Å². The molecule has 1 aromatic carbocycles. The molecule has 2 N–H and O–H groups in total. The first-order valence-corrected chi connectivity index (χ1v) is 8.92. The van der Waals surface area contributed by atoms with Crippen molar-refractivity contribution in [3.63, 3.8) is 0 Å². The summed E-state index contributed by atoms with van der Waals surface area (Å²) in [6.45, 7) is 3.13. The van der Waals surface area contributed by atoms with Gasteiger partial charge in [0.25, 0.3) is 0 Å². The summed E-state index contributed by atoms with van der Waals surface area (Å²) >= 11 is 3.09. The van der Waals surface area contributed by atoms with E-state index in [2.05, 4.69) is 15.9 Å². The lowest BCUT2D eigenvalue weighted by molar-refractivity contribution is 0.0354. The van der Waals surface area contributed by atoms with E-state index in [-0.39, 0.29) is 30.1 Å². The lowest BCUT2D eigenvalue weighted by atomic mass is 10.1. The van der Waals surface area contributed by atoms with Gasteiger partial charge in [0.15, 0.2) is 0 Å². The van der Waals surface area contributed by atoms with Crippen molar-refractivity contribution in [1.82, 2.24) is 0 Å². The summed E-state index contributed by atoms with van der Waals surface area (Å²) in [5.41, 5.74) is 2.09. The minimum absolute atomic E-state index is 0. The molecule has 22 heavy (non-hydrogen) atoms. The van der Waals surface area contributed by atoms with Crippen molar-refractivity contribution in [3.05, 3.63) is 33.8 Å². The van der Waals surface area contributed by atoms with Crippen LogP contribution in [0, 0.1) is 0 Å². The molecule has 0 unspecified atom stereocenters. The standard InChI is InChI=1S/C13H19BrF2NO3P.ClH/c1-3-19-21(18,20-4-2)13(15,16)11-6-5-10(7-8-17)9-12(11)14;/h5-6,9H,3-4,7-8,17H2,1-2H3;1H. The molecule has 0 fully saturated rings. The topological polar surface area (TPSA) is 61.5 Å². The number of nitrogens with two attached hydrogens (primary N) is 1. The Hall–Kier alpha value is -0.0400. The van der Waals surface area contributed by atoms with E-state index >= 15 is 0 Å². The minimum atomic E-state index is -4.59. The highest BCUT2D eigenvalue weighted by molar-refractivity contribution is 9.10. The van der Waals surface area contributed by atoms with Crippen molar-refractivity contribution >= 4 is 35.9 Å². The molecule has 1 rings (SSSR count). The molecule has 0 saturated heterocycles. The SMILES string of the molecule is CCOP(=O)(OCC)C(F)(F)c1ccc(CCN)cc1Br.Cl. The van der Waals surface area contributed by atoms with Gasteiger partial charge in [-0.05, 0) is 38.4 Å². The normalized spacial score (nSPS) is 12.1. The number of hydrogen-bond acceptors (Lipinski definition) is 4. The summed E-state index contributed by atoms with van der Waals surface area (Å²) in [5, 5.41) is 0. The predicted molar refractivity (Wildman–Crippen MR) is 88.9 cm³/mol. The highest BCUT2D eigenvalue weighted by atomic mass is 79.9.